The zero-order valence-electron chi connectivity index (χ0n) is 5.22. The summed E-state index contributed by atoms with van der Waals surface area (Å²) in [7, 11) is 5.50. The van der Waals surface area contributed by atoms with E-state index in [2.05, 4.69) is 6.58 Å². The first kappa shape index (κ1) is 5.89. The van der Waals surface area contributed by atoms with Crippen LogP contribution >= 0.6 is 0 Å². The van der Waals surface area contributed by atoms with Crippen molar-refractivity contribution >= 4 is 7.98 Å². The summed E-state index contributed by atoms with van der Waals surface area (Å²) >= 11 is 0. The standard InChI is InChI=1S/C6H10BN/c1-5(2)6-3-4-8(6)7/h6H,1,3-4H2,2H3. The highest BCUT2D eigenvalue weighted by Gasteiger charge is 2.22. The Hall–Kier alpha value is -0.235. The van der Waals surface area contributed by atoms with Crippen LogP contribution in [0.15, 0.2) is 12.2 Å². The van der Waals surface area contributed by atoms with Crippen molar-refractivity contribution in [1.29, 1.82) is 0 Å². The van der Waals surface area contributed by atoms with Gasteiger partial charge in [-0.25, -0.2) is 0 Å². The molecule has 1 heterocycles. The van der Waals surface area contributed by atoms with E-state index in [0.717, 1.165) is 6.54 Å². The van der Waals surface area contributed by atoms with Gasteiger partial charge in [0.1, 0.15) is 0 Å². The van der Waals surface area contributed by atoms with Crippen LogP contribution in [0.25, 0.3) is 0 Å². The van der Waals surface area contributed by atoms with Gasteiger partial charge >= 0.3 is 0 Å². The Morgan fingerprint density at radius 3 is 2.50 bits per heavy atom. The van der Waals surface area contributed by atoms with Gasteiger partial charge in [0.15, 0.2) is 7.98 Å². The Labute approximate surface area is 51.8 Å². The molecular formula is C6H10BN. The molecule has 1 unspecified atom stereocenters. The van der Waals surface area contributed by atoms with Crippen molar-refractivity contribution in [2.45, 2.75) is 19.4 Å². The van der Waals surface area contributed by atoms with Crippen LogP contribution in [0.4, 0.5) is 0 Å². The fourth-order valence-electron chi connectivity index (χ4n) is 0.937. The monoisotopic (exact) mass is 107 g/mol. The first-order valence-corrected chi connectivity index (χ1v) is 2.88. The maximum atomic E-state index is 5.50. The minimum absolute atomic E-state index is 0.468. The van der Waals surface area contributed by atoms with E-state index in [1.54, 1.807) is 0 Å². The Bertz CT molecular complexity index is 111. The van der Waals surface area contributed by atoms with Crippen LogP contribution in [0, 0.1) is 0 Å². The summed E-state index contributed by atoms with van der Waals surface area (Å²) in [5, 5.41) is 0. The van der Waals surface area contributed by atoms with Gasteiger partial charge in [-0.1, -0.05) is 12.2 Å². The number of hydrogen-bond donors (Lipinski definition) is 0. The van der Waals surface area contributed by atoms with Crippen LogP contribution in [-0.2, 0) is 0 Å². The van der Waals surface area contributed by atoms with Crippen LogP contribution in [0.5, 0.6) is 0 Å². The second-order valence-corrected chi connectivity index (χ2v) is 2.39. The van der Waals surface area contributed by atoms with E-state index in [1.165, 1.54) is 12.0 Å². The average Bonchev–Trinajstić information content (AvgIpc) is 1.61. The molecule has 1 rings (SSSR count). The molecule has 1 aliphatic heterocycles. The van der Waals surface area contributed by atoms with Crippen LogP contribution in [0.3, 0.4) is 0 Å². The summed E-state index contributed by atoms with van der Waals surface area (Å²) in [5.41, 5.74) is 1.18. The predicted octanol–water partition coefficient (Wildman–Crippen LogP) is 0.720. The Balaban J connectivity index is 2.37. The highest BCUT2D eigenvalue weighted by molar-refractivity contribution is 6.05. The summed E-state index contributed by atoms with van der Waals surface area (Å²) in [5.74, 6) is 0. The van der Waals surface area contributed by atoms with Gasteiger partial charge in [0.25, 0.3) is 0 Å². The Kier molecular flexibility index (Phi) is 1.43. The SMILES string of the molecule is [B]N1CCC1C(=C)C. The van der Waals surface area contributed by atoms with Crippen LogP contribution < -0.4 is 0 Å². The first-order valence-electron chi connectivity index (χ1n) is 2.88. The third-order valence-electron chi connectivity index (χ3n) is 1.63. The van der Waals surface area contributed by atoms with Crippen LogP contribution in [0.1, 0.15) is 13.3 Å². The Morgan fingerprint density at radius 1 is 1.88 bits per heavy atom. The zero-order valence-corrected chi connectivity index (χ0v) is 5.22. The van der Waals surface area contributed by atoms with Crippen LogP contribution in [-0.4, -0.2) is 25.4 Å². The molecule has 0 aromatic heterocycles. The first-order chi connectivity index (χ1) is 3.72. The topological polar surface area (TPSA) is 3.24 Å². The van der Waals surface area contributed by atoms with Crippen molar-refractivity contribution in [3.05, 3.63) is 12.2 Å². The molecule has 1 saturated heterocycles. The molecule has 0 spiro atoms. The van der Waals surface area contributed by atoms with Crippen molar-refractivity contribution in [2.75, 3.05) is 6.54 Å². The third-order valence-corrected chi connectivity index (χ3v) is 1.63. The molecule has 8 heavy (non-hydrogen) atoms. The minimum atomic E-state index is 0.468. The molecule has 1 nitrogen and oxygen atoms in total. The molecule has 0 aromatic carbocycles. The molecule has 0 N–H and O–H groups in total. The van der Waals surface area contributed by atoms with Gasteiger partial charge in [-0.2, -0.15) is 0 Å². The van der Waals surface area contributed by atoms with E-state index in [-0.39, 0.29) is 0 Å². The summed E-state index contributed by atoms with van der Waals surface area (Å²) in [4.78, 5) is 1.82. The smallest absolute Gasteiger partial charge is 0.183 e. The molecule has 0 saturated carbocycles. The molecule has 1 atom stereocenters. The van der Waals surface area contributed by atoms with E-state index < -0.39 is 0 Å². The summed E-state index contributed by atoms with van der Waals surface area (Å²) < 4.78 is 0. The lowest BCUT2D eigenvalue weighted by Gasteiger charge is -2.39. The highest BCUT2D eigenvalue weighted by atomic mass is 15.1. The van der Waals surface area contributed by atoms with E-state index in [0.29, 0.717) is 6.04 Å². The molecule has 0 aromatic rings. The zero-order chi connectivity index (χ0) is 6.15. The number of rotatable bonds is 1. The molecule has 2 heteroatoms. The summed E-state index contributed by atoms with van der Waals surface area (Å²) in [6.45, 7) is 6.85. The fourth-order valence-corrected chi connectivity index (χ4v) is 0.937. The van der Waals surface area contributed by atoms with Gasteiger partial charge in [-0.05, 0) is 19.9 Å². The van der Waals surface area contributed by atoms with E-state index in [4.69, 9.17) is 7.98 Å². The molecule has 0 amide bonds. The minimum Gasteiger partial charge on any atom is -0.348 e. The molecule has 0 aliphatic carbocycles. The van der Waals surface area contributed by atoms with Gasteiger partial charge in [0.2, 0.25) is 0 Å². The maximum absolute atomic E-state index is 5.50. The second-order valence-electron chi connectivity index (χ2n) is 2.39. The predicted molar refractivity (Wildman–Crippen MR) is 35.7 cm³/mol. The van der Waals surface area contributed by atoms with Gasteiger partial charge < -0.3 is 4.81 Å². The van der Waals surface area contributed by atoms with E-state index >= 15 is 0 Å². The van der Waals surface area contributed by atoms with Crippen molar-refractivity contribution in [2.24, 2.45) is 0 Å². The highest BCUT2D eigenvalue weighted by Crippen LogP contribution is 2.19. The Morgan fingerprint density at radius 2 is 2.50 bits per heavy atom. The largest absolute Gasteiger partial charge is 0.348 e. The fraction of sp³-hybridized carbons (Fsp3) is 0.667. The number of hydrogen-bond acceptors (Lipinski definition) is 1. The van der Waals surface area contributed by atoms with Crippen molar-refractivity contribution in [1.82, 2.24) is 4.81 Å². The van der Waals surface area contributed by atoms with E-state index in [9.17, 15) is 0 Å². The lowest BCUT2D eigenvalue weighted by atomic mass is 9.93. The molecule has 1 aliphatic rings. The quantitative estimate of drug-likeness (QED) is 0.352. The summed E-state index contributed by atoms with van der Waals surface area (Å²) in [6, 6.07) is 0.468. The van der Waals surface area contributed by atoms with Gasteiger partial charge in [-0.15, -0.1) is 0 Å². The van der Waals surface area contributed by atoms with E-state index in [1.807, 2.05) is 11.7 Å². The molecule has 1 fully saturated rings. The van der Waals surface area contributed by atoms with Gasteiger partial charge in [0, 0.05) is 6.04 Å². The maximum Gasteiger partial charge on any atom is 0.183 e. The lowest BCUT2D eigenvalue weighted by Crippen LogP contribution is -2.46. The summed E-state index contributed by atoms with van der Waals surface area (Å²) in [6.07, 6.45) is 1.19. The molecule has 0 bridgehead atoms. The van der Waals surface area contributed by atoms with Crippen LogP contribution in [0.2, 0.25) is 0 Å². The normalized spacial score (nSPS) is 29.4. The van der Waals surface area contributed by atoms with Crippen molar-refractivity contribution in [3.63, 3.8) is 0 Å². The third kappa shape index (κ3) is 0.803. The average molecular weight is 107 g/mol. The van der Waals surface area contributed by atoms with Gasteiger partial charge in [-0.3, -0.25) is 0 Å². The molecule has 42 valence electrons. The van der Waals surface area contributed by atoms with Crippen molar-refractivity contribution < 1.29 is 0 Å². The van der Waals surface area contributed by atoms with Gasteiger partial charge in [0.05, 0.1) is 0 Å². The number of nitrogens with zero attached hydrogens (tertiary/aromatic N) is 1. The lowest BCUT2D eigenvalue weighted by molar-refractivity contribution is 0.243. The molecular weight excluding hydrogens is 96.9 g/mol. The second kappa shape index (κ2) is 1.94. The van der Waals surface area contributed by atoms with Crippen molar-refractivity contribution in [3.8, 4) is 0 Å². The molecule has 2 radical (unpaired) electrons.